The van der Waals surface area contributed by atoms with E-state index in [1.807, 2.05) is 0 Å². The summed E-state index contributed by atoms with van der Waals surface area (Å²) in [4.78, 5) is 49.4. The zero-order valence-corrected chi connectivity index (χ0v) is 28.4. The number of aromatic carboxylic acids is 1. The third-order valence-corrected chi connectivity index (χ3v) is 7.93. The summed E-state index contributed by atoms with van der Waals surface area (Å²) < 4.78 is 16.4. The number of unbranched alkanes of at least 4 members (excludes halogenated alkanes) is 14. The lowest BCUT2D eigenvalue weighted by molar-refractivity contribution is -0.159. The number of carboxylic acid groups (broad SMARTS) is 1. The Hall–Kier alpha value is -3.94. The molecule has 2 aromatic rings. The van der Waals surface area contributed by atoms with Crippen molar-refractivity contribution in [3.63, 3.8) is 0 Å². The molecule has 47 heavy (non-hydrogen) atoms. The Morgan fingerprint density at radius 2 is 1.02 bits per heavy atom. The molecule has 8 nitrogen and oxygen atoms in total. The van der Waals surface area contributed by atoms with Gasteiger partial charge >= 0.3 is 23.9 Å². The molecule has 0 bridgehead atoms. The van der Waals surface area contributed by atoms with E-state index in [1.54, 1.807) is 30.3 Å². The van der Waals surface area contributed by atoms with Gasteiger partial charge in [-0.25, -0.2) is 9.59 Å². The van der Waals surface area contributed by atoms with Gasteiger partial charge in [0.15, 0.2) is 5.92 Å². The standard InChI is InChI=1S/C39H54O8/c1-3-5-7-9-11-13-15-17-29-45-38(43)35(39(44)46-30-18-16-14-12-10-8-6-4-2)28-21-31-19-26-34(27-20-31)47-37(42)33-24-22-32(23-25-33)36(40)41/h19-28,35H,3-18,29-30H2,1-2H3,(H,40,41). The van der Waals surface area contributed by atoms with E-state index in [0.717, 1.165) is 38.5 Å². The van der Waals surface area contributed by atoms with Crippen LogP contribution in [0.25, 0.3) is 6.08 Å². The van der Waals surface area contributed by atoms with E-state index in [9.17, 15) is 19.2 Å². The van der Waals surface area contributed by atoms with Gasteiger partial charge in [-0.15, -0.1) is 0 Å². The minimum absolute atomic E-state index is 0.0742. The van der Waals surface area contributed by atoms with Crippen molar-refractivity contribution >= 4 is 30.0 Å². The van der Waals surface area contributed by atoms with E-state index in [0.29, 0.717) is 11.3 Å². The largest absolute Gasteiger partial charge is 0.478 e. The molecule has 0 atom stereocenters. The highest BCUT2D eigenvalue weighted by Crippen LogP contribution is 2.18. The van der Waals surface area contributed by atoms with E-state index in [-0.39, 0.29) is 24.3 Å². The number of rotatable bonds is 25. The lowest BCUT2D eigenvalue weighted by Gasteiger charge is -2.13. The molecule has 0 saturated carbocycles. The molecule has 1 N–H and O–H groups in total. The van der Waals surface area contributed by atoms with Gasteiger partial charge in [0.25, 0.3) is 0 Å². The van der Waals surface area contributed by atoms with Crippen LogP contribution in [0.15, 0.2) is 54.6 Å². The predicted molar refractivity (Wildman–Crippen MR) is 184 cm³/mol. The van der Waals surface area contributed by atoms with Gasteiger partial charge in [-0.05, 0) is 54.8 Å². The molecule has 0 fully saturated rings. The zero-order chi connectivity index (χ0) is 34.1. The molecule has 8 heteroatoms. The van der Waals surface area contributed by atoms with Crippen molar-refractivity contribution in [2.24, 2.45) is 5.92 Å². The topological polar surface area (TPSA) is 116 Å². The maximum atomic E-state index is 13.0. The second-order valence-corrected chi connectivity index (χ2v) is 12.0. The van der Waals surface area contributed by atoms with Crippen molar-refractivity contribution in [1.82, 2.24) is 0 Å². The number of carboxylic acids is 1. The molecule has 0 aliphatic heterocycles. The number of benzene rings is 2. The van der Waals surface area contributed by atoms with Crippen LogP contribution in [-0.2, 0) is 19.1 Å². The van der Waals surface area contributed by atoms with Crippen molar-refractivity contribution in [2.45, 2.75) is 117 Å². The number of carbonyl (C=O) groups is 4. The van der Waals surface area contributed by atoms with Crippen LogP contribution in [0.5, 0.6) is 5.75 Å². The first-order valence-electron chi connectivity index (χ1n) is 17.5. The molecule has 0 heterocycles. The van der Waals surface area contributed by atoms with Crippen molar-refractivity contribution in [1.29, 1.82) is 0 Å². The fourth-order valence-corrected chi connectivity index (χ4v) is 5.02. The maximum Gasteiger partial charge on any atom is 0.343 e. The summed E-state index contributed by atoms with van der Waals surface area (Å²) in [6.45, 7) is 4.94. The normalized spacial score (nSPS) is 11.1. The van der Waals surface area contributed by atoms with Crippen molar-refractivity contribution in [3.05, 3.63) is 71.3 Å². The molecule has 0 aliphatic carbocycles. The maximum absolute atomic E-state index is 13.0. The average Bonchev–Trinajstić information content (AvgIpc) is 3.07. The first kappa shape index (κ1) is 39.2. The Morgan fingerprint density at radius 3 is 1.47 bits per heavy atom. The second-order valence-electron chi connectivity index (χ2n) is 12.0. The Bertz CT molecular complexity index is 1180. The third-order valence-electron chi connectivity index (χ3n) is 7.93. The second kappa shape index (κ2) is 24.3. The number of ether oxygens (including phenoxy) is 3. The summed E-state index contributed by atoms with van der Waals surface area (Å²) in [7, 11) is 0. The summed E-state index contributed by atoms with van der Waals surface area (Å²) in [5, 5.41) is 9.03. The van der Waals surface area contributed by atoms with Gasteiger partial charge in [0, 0.05) is 0 Å². The van der Waals surface area contributed by atoms with Crippen LogP contribution >= 0.6 is 0 Å². The first-order valence-corrected chi connectivity index (χ1v) is 17.5. The van der Waals surface area contributed by atoms with Gasteiger partial charge in [0.1, 0.15) is 5.75 Å². The van der Waals surface area contributed by atoms with Gasteiger partial charge in [-0.1, -0.05) is 128 Å². The van der Waals surface area contributed by atoms with E-state index in [2.05, 4.69) is 13.8 Å². The van der Waals surface area contributed by atoms with Crippen LogP contribution < -0.4 is 4.74 Å². The van der Waals surface area contributed by atoms with Gasteiger partial charge in [-0.3, -0.25) is 9.59 Å². The number of hydrogen-bond acceptors (Lipinski definition) is 7. The van der Waals surface area contributed by atoms with Crippen LogP contribution in [0, 0.1) is 5.92 Å². The number of hydrogen-bond donors (Lipinski definition) is 1. The Morgan fingerprint density at radius 1 is 0.596 bits per heavy atom. The van der Waals surface area contributed by atoms with Crippen molar-refractivity contribution in [2.75, 3.05) is 13.2 Å². The molecule has 0 aliphatic rings. The van der Waals surface area contributed by atoms with Crippen LogP contribution in [0.3, 0.4) is 0 Å². The fraction of sp³-hybridized carbons (Fsp3) is 0.538. The molecule has 0 radical (unpaired) electrons. The summed E-state index contributed by atoms with van der Waals surface area (Å²) >= 11 is 0. The third kappa shape index (κ3) is 17.0. The van der Waals surface area contributed by atoms with Crippen LogP contribution in [-0.4, -0.2) is 42.2 Å². The van der Waals surface area contributed by atoms with Crippen LogP contribution in [0.2, 0.25) is 0 Å². The summed E-state index contributed by atoms with van der Waals surface area (Å²) in [6.07, 6.45) is 21.2. The van der Waals surface area contributed by atoms with Gasteiger partial charge in [0.2, 0.25) is 0 Å². The van der Waals surface area contributed by atoms with E-state index in [1.165, 1.54) is 94.5 Å². The highest BCUT2D eigenvalue weighted by atomic mass is 16.6. The highest BCUT2D eigenvalue weighted by molar-refractivity contribution is 5.98. The molecule has 0 aromatic heterocycles. The summed E-state index contributed by atoms with van der Waals surface area (Å²) in [5.74, 6) is -3.83. The van der Waals surface area contributed by atoms with Crippen LogP contribution in [0.4, 0.5) is 0 Å². The molecular weight excluding hydrogens is 596 g/mol. The average molecular weight is 651 g/mol. The quantitative estimate of drug-likeness (QED) is 0.0489. The Kier molecular flexibility index (Phi) is 20.3. The van der Waals surface area contributed by atoms with Gasteiger partial charge < -0.3 is 19.3 Å². The number of esters is 3. The highest BCUT2D eigenvalue weighted by Gasteiger charge is 2.27. The fourth-order valence-electron chi connectivity index (χ4n) is 5.02. The van der Waals surface area contributed by atoms with E-state index < -0.39 is 29.8 Å². The Labute approximate surface area is 280 Å². The van der Waals surface area contributed by atoms with E-state index >= 15 is 0 Å². The predicted octanol–water partition coefficient (Wildman–Crippen LogP) is 9.60. The molecule has 0 spiro atoms. The molecule has 0 unspecified atom stereocenters. The van der Waals surface area contributed by atoms with Crippen molar-refractivity contribution < 1.29 is 38.5 Å². The molecule has 2 aromatic carbocycles. The minimum Gasteiger partial charge on any atom is -0.478 e. The first-order chi connectivity index (χ1) is 22.8. The van der Waals surface area contributed by atoms with Crippen LogP contribution in [0.1, 0.15) is 143 Å². The lowest BCUT2D eigenvalue weighted by atomic mass is 10.1. The van der Waals surface area contributed by atoms with E-state index in [4.69, 9.17) is 19.3 Å². The summed E-state index contributed by atoms with van der Waals surface area (Å²) in [6, 6.07) is 12.0. The SMILES string of the molecule is CCCCCCCCCCOC(=O)C(C=Cc1ccc(OC(=O)c2ccc(C(=O)O)cc2)cc1)C(=O)OCCCCCCCCCC. The molecule has 258 valence electrons. The Balaban J connectivity index is 1.91. The molecule has 0 saturated heterocycles. The van der Waals surface area contributed by atoms with Crippen molar-refractivity contribution in [3.8, 4) is 5.75 Å². The molecular formula is C39H54O8. The minimum atomic E-state index is -1.18. The summed E-state index contributed by atoms with van der Waals surface area (Å²) in [5.41, 5.74) is 0.982. The number of carbonyl (C=O) groups excluding carboxylic acids is 3. The molecule has 0 amide bonds. The molecule has 2 rings (SSSR count). The van der Waals surface area contributed by atoms with Gasteiger partial charge in [0.05, 0.1) is 24.3 Å². The zero-order valence-electron chi connectivity index (χ0n) is 28.4. The smallest absolute Gasteiger partial charge is 0.343 e. The lowest BCUT2D eigenvalue weighted by Crippen LogP contribution is -2.27. The monoisotopic (exact) mass is 650 g/mol. The van der Waals surface area contributed by atoms with Gasteiger partial charge in [-0.2, -0.15) is 0 Å².